The molecule has 122 valence electrons. The van der Waals surface area contributed by atoms with Crippen molar-refractivity contribution in [3.63, 3.8) is 0 Å². The Bertz CT molecular complexity index is 951. The second kappa shape index (κ2) is 6.20. The van der Waals surface area contributed by atoms with E-state index in [-0.39, 0.29) is 11.4 Å². The SMILES string of the molecule is CN(C)c1ccc(N=Nc2nc3ccc([N+](=O)[O-])cc3s2)c(O)c1. The molecule has 0 aliphatic rings. The Morgan fingerprint density at radius 2 is 2.00 bits per heavy atom. The van der Waals surface area contributed by atoms with E-state index in [2.05, 4.69) is 15.2 Å². The maximum Gasteiger partial charge on any atom is 0.270 e. The number of anilines is 1. The molecule has 3 rings (SSSR count). The molecule has 24 heavy (non-hydrogen) atoms. The zero-order valence-electron chi connectivity index (χ0n) is 12.9. The van der Waals surface area contributed by atoms with Gasteiger partial charge < -0.3 is 10.0 Å². The lowest BCUT2D eigenvalue weighted by molar-refractivity contribution is -0.384. The van der Waals surface area contributed by atoms with Gasteiger partial charge in [0.25, 0.3) is 5.69 Å². The third kappa shape index (κ3) is 3.15. The minimum atomic E-state index is -0.454. The van der Waals surface area contributed by atoms with Crippen molar-refractivity contribution in [3.8, 4) is 5.75 Å². The molecule has 0 unspecified atom stereocenters. The van der Waals surface area contributed by atoms with E-state index in [1.54, 1.807) is 18.2 Å². The van der Waals surface area contributed by atoms with Crippen LogP contribution in [-0.2, 0) is 0 Å². The third-order valence-corrected chi connectivity index (χ3v) is 4.19. The summed E-state index contributed by atoms with van der Waals surface area (Å²) in [5, 5.41) is 29.1. The van der Waals surface area contributed by atoms with E-state index in [0.29, 0.717) is 21.0 Å². The highest BCUT2D eigenvalue weighted by Crippen LogP contribution is 2.34. The number of non-ortho nitro benzene ring substituents is 1. The van der Waals surface area contributed by atoms with Gasteiger partial charge in [0, 0.05) is 38.0 Å². The topological polar surface area (TPSA) is 104 Å². The summed E-state index contributed by atoms with van der Waals surface area (Å²) in [4.78, 5) is 16.4. The summed E-state index contributed by atoms with van der Waals surface area (Å²) in [6, 6.07) is 9.49. The lowest BCUT2D eigenvalue weighted by Gasteiger charge is -2.12. The van der Waals surface area contributed by atoms with Gasteiger partial charge in [0.2, 0.25) is 5.13 Å². The molecule has 2 aromatic carbocycles. The Balaban J connectivity index is 1.89. The second-order valence-corrected chi connectivity index (χ2v) is 6.18. The van der Waals surface area contributed by atoms with Crippen LogP contribution in [0.15, 0.2) is 46.6 Å². The van der Waals surface area contributed by atoms with Gasteiger partial charge in [0.15, 0.2) is 0 Å². The van der Waals surface area contributed by atoms with E-state index < -0.39 is 4.92 Å². The number of azo groups is 1. The van der Waals surface area contributed by atoms with Crippen LogP contribution in [0.3, 0.4) is 0 Å². The molecule has 1 N–H and O–H groups in total. The van der Waals surface area contributed by atoms with E-state index in [9.17, 15) is 15.2 Å². The van der Waals surface area contributed by atoms with Gasteiger partial charge in [-0.3, -0.25) is 10.1 Å². The number of phenolic OH excluding ortho intramolecular Hbond substituents is 1. The van der Waals surface area contributed by atoms with Crippen LogP contribution in [0.5, 0.6) is 5.75 Å². The van der Waals surface area contributed by atoms with Crippen molar-refractivity contribution >= 4 is 43.7 Å². The van der Waals surface area contributed by atoms with E-state index in [0.717, 1.165) is 5.69 Å². The van der Waals surface area contributed by atoms with Crippen molar-refractivity contribution in [2.45, 2.75) is 0 Å². The molecule has 0 atom stereocenters. The molecule has 0 saturated carbocycles. The fourth-order valence-corrected chi connectivity index (χ4v) is 2.85. The molecule has 0 aliphatic carbocycles. The molecule has 0 spiro atoms. The van der Waals surface area contributed by atoms with Gasteiger partial charge in [0.1, 0.15) is 11.4 Å². The summed E-state index contributed by atoms with van der Waals surface area (Å²) in [5.41, 5.74) is 1.79. The largest absolute Gasteiger partial charge is 0.506 e. The zero-order valence-corrected chi connectivity index (χ0v) is 13.7. The minimum Gasteiger partial charge on any atom is -0.506 e. The van der Waals surface area contributed by atoms with Crippen LogP contribution < -0.4 is 4.90 Å². The highest BCUT2D eigenvalue weighted by atomic mass is 32.1. The van der Waals surface area contributed by atoms with E-state index in [1.165, 1.54) is 23.5 Å². The first-order valence-electron chi connectivity index (χ1n) is 6.91. The number of aromatic nitrogens is 1. The van der Waals surface area contributed by atoms with E-state index >= 15 is 0 Å². The van der Waals surface area contributed by atoms with Crippen molar-refractivity contribution in [1.29, 1.82) is 0 Å². The molecule has 9 heteroatoms. The Morgan fingerprint density at radius 3 is 2.67 bits per heavy atom. The summed E-state index contributed by atoms with van der Waals surface area (Å²) in [6.45, 7) is 0. The van der Waals surface area contributed by atoms with Gasteiger partial charge in [-0.1, -0.05) is 11.3 Å². The Hall–Kier alpha value is -3.07. The van der Waals surface area contributed by atoms with Gasteiger partial charge in [-0.05, 0) is 18.2 Å². The minimum absolute atomic E-state index is 0.00607. The second-order valence-electron chi connectivity index (χ2n) is 5.17. The average Bonchev–Trinajstić information content (AvgIpc) is 2.95. The highest BCUT2D eigenvalue weighted by molar-refractivity contribution is 7.21. The van der Waals surface area contributed by atoms with E-state index in [1.807, 2.05) is 25.1 Å². The molecule has 0 amide bonds. The predicted molar refractivity (Wildman–Crippen MR) is 92.9 cm³/mol. The van der Waals surface area contributed by atoms with Crippen molar-refractivity contribution in [2.75, 3.05) is 19.0 Å². The number of phenols is 1. The average molecular weight is 343 g/mol. The number of rotatable bonds is 4. The number of thiazole rings is 1. The number of nitro benzene ring substituents is 1. The smallest absolute Gasteiger partial charge is 0.270 e. The lowest BCUT2D eigenvalue weighted by Crippen LogP contribution is -2.07. The number of aromatic hydroxyl groups is 1. The van der Waals surface area contributed by atoms with Gasteiger partial charge >= 0.3 is 0 Å². The summed E-state index contributed by atoms with van der Waals surface area (Å²) in [5.74, 6) is 0.0155. The normalized spacial score (nSPS) is 11.2. The monoisotopic (exact) mass is 343 g/mol. The fraction of sp³-hybridized carbons (Fsp3) is 0.133. The van der Waals surface area contributed by atoms with Crippen LogP contribution in [0, 0.1) is 10.1 Å². The first-order valence-corrected chi connectivity index (χ1v) is 7.73. The molecule has 0 radical (unpaired) electrons. The van der Waals surface area contributed by atoms with Crippen LogP contribution >= 0.6 is 11.3 Å². The molecule has 0 aliphatic heterocycles. The Kier molecular flexibility index (Phi) is 4.09. The van der Waals surface area contributed by atoms with Crippen LogP contribution in [0.1, 0.15) is 0 Å². The standard InChI is InChI=1S/C15H13N5O3S/c1-19(2)9-3-5-11(13(21)7-9)17-18-15-16-12-6-4-10(20(22)23)8-14(12)24-15/h3-8,21H,1-2H3. The lowest BCUT2D eigenvalue weighted by atomic mass is 10.2. The number of benzene rings is 2. The van der Waals surface area contributed by atoms with Crippen LogP contribution in [0.4, 0.5) is 22.2 Å². The number of nitro groups is 1. The fourth-order valence-electron chi connectivity index (χ4n) is 2.03. The molecule has 3 aromatic rings. The number of hydrogen-bond acceptors (Lipinski definition) is 8. The number of hydrogen-bond donors (Lipinski definition) is 1. The zero-order chi connectivity index (χ0) is 17.3. The first-order chi connectivity index (χ1) is 11.4. The van der Waals surface area contributed by atoms with Crippen molar-refractivity contribution in [3.05, 3.63) is 46.5 Å². The molecule has 0 fully saturated rings. The van der Waals surface area contributed by atoms with Crippen LogP contribution in [0.25, 0.3) is 10.2 Å². The first kappa shape index (κ1) is 15.8. The molecule has 1 aromatic heterocycles. The maximum absolute atomic E-state index is 10.8. The van der Waals surface area contributed by atoms with Crippen molar-refractivity contribution in [2.24, 2.45) is 10.2 Å². The maximum atomic E-state index is 10.8. The molecule has 1 heterocycles. The third-order valence-electron chi connectivity index (χ3n) is 3.29. The molecule has 0 saturated heterocycles. The van der Waals surface area contributed by atoms with Gasteiger partial charge in [-0.15, -0.1) is 10.2 Å². The highest BCUT2D eigenvalue weighted by Gasteiger charge is 2.10. The molecule has 8 nitrogen and oxygen atoms in total. The van der Waals surface area contributed by atoms with E-state index in [4.69, 9.17) is 0 Å². The molecule has 0 bridgehead atoms. The molecular formula is C15H13N5O3S. The summed E-state index contributed by atoms with van der Waals surface area (Å²) in [6.07, 6.45) is 0. The van der Waals surface area contributed by atoms with Crippen LogP contribution in [-0.4, -0.2) is 29.1 Å². The van der Waals surface area contributed by atoms with Gasteiger partial charge in [0.05, 0.1) is 15.1 Å². The quantitative estimate of drug-likeness (QED) is 0.430. The number of nitrogens with zero attached hydrogens (tertiary/aromatic N) is 5. The Morgan fingerprint density at radius 1 is 1.21 bits per heavy atom. The number of fused-ring (bicyclic) bond motifs is 1. The van der Waals surface area contributed by atoms with Gasteiger partial charge in [-0.2, -0.15) is 0 Å². The summed E-state index contributed by atoms with van der Waals surface area (Å²) < 4.78 is 0.658. The van der Waals surface area contributed by atoms with Crippen molar-refractivity contribution < 1.29 is 10.0 Å². The Labute approximate surface area is 140 Å². The summed E-state index contributed by atoms with van der Waals surface area (Å²) in [7, 11) is 3.74. The van der Waals surface area contributed by atoms with Crippen LogP contribution in [0.2, 0.25) is 0 Å². The summed E-state index contributed by atoms with van der Waals surface area (Å²) >= 11 is 1.20. The molecular weight excluding hydrogens is 330 g/mol. The van der Waals surface area contributed by atoms with Gasteiger partial charge in [-0.25, -0.2) is 4.98 Å². The van der Waals surface area contributed by atoms with Crippen molar-refractivity contribution in [1.82, 2.24) is 4.98 Å². The predicted octanol–water partition coefficient (Wildman–Crippen LogP) is 4.39.